The highest BCUT2D eigenvalue weighted by Gasteiger charge is 2.39. The van der Waals surface area contributed by atoms with E-state index in [1.165, 1.54) is 30.5 Å². The molecular formula is C28H26FN3O3S. The van der Waals surface area contributed by atoms with Gasteiger partial charge in [0.15, 0.2) is 9.84 Å². The van der Waals surface area contributed by atoms with Gasteiger partial charge in [0, 0.05) is 16.5 Å². The highest BCUT2D eigenvalue weighted by Crippen LogP contribution is 2.41. The van der Waals surface area contributed by atoms with Crippen LogP contribution in [0.3, 0.4) is 0 Å². The third kappa shape index (κ3) is 4.30. The van der Waals surface area contributed by atoms with Gasteiger partial charge in [0.1, 0.15) is 11.5 Å². The van der Waals surface area contributed by atoms with E-state index in [1.54, 1.807) is 35.9 Å². The van der Waals surface area contributed by atoms with E-state index >= 15 is 0 Å². The Hall–Kier alpha value is -3.52. The summed E-state index contributed by atoms with van der Waals surface area (Å²) in [5.74, 6) is -0.0635. The monoisotopic (exact) mass is 503 g/mol. The minimum Gasteiger partial charge on any atom is -0.346 e. The number of hydrogen-bond acceptors (Lipinski definition) is 4. The number of carbonyl (C=O) groups is 1. The maximum Gasteiger partial charge on any atom is 0.251 e. The molecule has 36 heavy (non-hydrogen) atoms. The molecule has 0 spiro atoms. The number of nitrogens with one attached hydrogen (secondary N) is 1. The summed E-state index contributed by atoms with van der Waals surface area (Å²) in [4.78, 5) is 13.2. The van der Waals surface area contributed by atoms with E-state index in [1.807, 2.05) is 18.2 Å². The Morgan fingerprint density at radius 2 is 1.86 bits per heavy atom. The van der Waals surface area contributed by atoms with Crippen LogP contribution < -0.4 is 5.32 Å². The van der Waals surface area contributed by atoms with E-state index < -0.39 is 15.4 Å². The van der Waals surface area contributed by atoms with E-state index in [2.05, 4.69) is 17.4 Å². The summed E-state index contributed by atoms with van der Waals surface area (Å²) in [7, 11) is -3.15. The van der Waals surface area contributed by atoms with Crippen LogP contribution in [0.4, 0.5) is 4.39 Å². The summed E-state index contributed by atoms with van der Waals surface area (Å²) >= 11 is 0. The molecule has 0 unspecified atom stereocenters. The lowest BCUT2D eigenvalue weighted by molar-refractivity contribution is 0.0915. The maximum atomic E-state index is 13.6. The lowest BCUT2D eigenvalue weighted by Crippen LogP contribution is -2.46. The Kier molecular flexibility index (Phi) is 5.26. The SMILES string of the molecule is C[C@@]1(NC(=O)c2ccc3c(-c4cccc(C5CC5)c4)nn(-c4ccc(F)cc4)c3c2)CCS(=O)(=O)C1. The van der Waals surface area contributed by atoms with Crippen molar-refractivity contribution in [3.05, 3.63) is 83.7 Å². The summed E-state index contributed by atoms with van der Waals surface area (Å²) in [6, 6.07) is 19.9. The Labute approximate surface area is 209 Å². The second kappa shape index (κ2) is 8.27. The summed E-state index contributed by atoms with van der Waals surface area (Å²) in [5.41, 5.74) is 4.09. The van der Waals surface area contributed by atoms with Crippen LogP contribution in [-0.4, -0.2) is 41.2 Å². The number of hydrogen-bond donors (Lipinski definition) is 1. The molecule has 1 aromatic heterocycles. The number of nitrogens with zero attached hydrogens (tertiary/aromatic N) is 2. The molecule has 1 atom stereocenters. The van der Waals surface area contributed by atoms with Crippen LogP contribution in [0.25, 0.3) is 27.8 Å². The first-order chi connectivity index (χ1) is 17.2. The topological polar surface area (TPSA) is 81.1 Å². The smallest absolute Gasteiger partial charge is 0.251 e. The lowest BCUT2D eigenvalue weighted by atomic mass is 10.00. The van der Waals surface area contributed by atoms with Crippen molar-refractivity contribution in [2.24, 2.45) is 0 Å². The third-order valence-electron chi connectivity index (χ3n) is 7.14. The van der Waals surface area contributed by atoms with Crippen LogP contribution in [0.15, 0.2) is 66.7 Å². The van der Waals surface area contributed by atoms with Crippen molar-refractivity contribution < 1.29 is 17.6 Å². The van der Waals surface area contributed by atoms with Crippen molar-refractivity contribution in [1.29, 1.82) is 0 Å². The molecule has 2 fully saturated rings. The molecular weight excluding hydrogens is 477 g/mol. The summed E-state index contributed by atoms with van der Waals surface area (Å²) in [6.07, 6.45) is 2.79. The van der Waals surface area contributed by atoms with E-state index in [-0.39, 0.29) is 23.2 Å². The summed E-state index contributed by atoms with van der Waals surface area (Å²) < 4.78 is 39.3. The average Bonchev–Trinajstić information content (AvgIpc) is 3.58. The average molecular weight is 504 g/mol. The molecule has 3 aromatic carbocycles. The zero-order valence-corrected chi connectivity index (χ0v) is 20.7. The van der Waals surface area contributed by atoms with Gasteiger partial charge in [-0.2, -0.15) is 5.10 Å². The summed E-state index contributed by atoms with van der Waals surface area (Å²) in [5, 5.41) is 8.70. The van der Waals surface area contributed by atoms with E-state index in [4.69, 9.17) is 5.10 Å². The molecule has 8 heteroatoms. The molecule has 1 N–H and O–H groups in total. The number of halogens is 1. The minimum atomic E-state index is -3.15. The van der Waals surface area contributed by atoms with Gasteiger partial charge < -0.3 is 5.32 Å². The number of fused-ring (bicyclic) bond motifs is 1. The van der Waals surface area contributed by atoms with E-state index in [0.717, 1.165) is 16.6 Å². The van der Waals surface area contributed by atoms with Gasteiger partial charge in [-0.25, -0.2) is 17.5 Å². The van der Waals surface area contributed by atoms with Crippen LogP contribution in [0.2, 0.25) is 0 Å². The zero-order valence-electron chi connectivity index (χ0n) is 19.9. The zero-order chi connectivity index (χ0) is 25.1. The number of amides is 1. The van der Waals surface area contributed by atoms with Gasteiger partial charge in [-0.05, 0) is 86.2 Å². The largest absolute Gasteiger partial charge is 0.346 e. The molecule has 1 aliphatic heterocycles. The lowest BCUT2D eigenvalue weighted by Gasteiger charge is -2.23. The van der Waals surface area contributed by atoms with Crippen LogP contribution in [0.1, 0.15) is 48.0 Å². The highest BCUT2D eigenvalue weighted by molar-refractivity contribution is 7.91. The Balaban J connectivity index is 1.44. The first-order valence-corrected chi connectivity index (χ1v) is 13.9. The molecule has 2 heterocycles. The van der Waals surface area contributed by atoms with Crippen LogP contribution in [0.5, 0.6) is 0 Å². The fourth-order valence-electron chi connectivity index (χ4n) is 5.06. The molecule has 2 aliphatic rings. The first-order valence-electron chi connectivity index (χ1n) is 12.1. The van der Waals surface area contributed by atoms with Gasteiger partial charge in [-0.3, -0.25) is 4.79 Å². The number of aromatic nitrogens is 2. The van der Waals surface area contributed by atoms with Gasteiger partial charge in [-0.1, -0.05) is 18.2 Å². The standard InChI is InChI=1S/C28H26FN3O3S/c1-28(13-14-36(34,35)17-28)30-27(33)21-7-12-24-25(16-21)32(23-10-8-22(29)9-11-23)31-26(24)20-4-2-3-19(15-20)18-5-6-18/h2-4,7-12,15-16,18H,5-6,13-14,17H2,1H3,(H,30,33)/t28-/m1/s1. The van der Waals surface area contributed by atoms with Gasteiger partial charge in [-0.15, -0.1) is 0 Å². The molecule has 6 nitrogen and oxygen atoms in total. The molecule has 1 amide bonds. The van der Waals surface area contributed by atoms with Gasteiger partial charge in [0.05, 0.1) is 28.2 Å². The molecule has 4 aromatic rings. The number of sulfone groups is 1. The molecule has 1 saturated heterocycles. The summed E-state index contributed by atoms with van der Waals surface area (Å²) in [6.45, 7) is 1.77. The third-order valence-corrected chi connectivity index (χ3v) is 9.04. The predicted molar refractivity (Wildman–Crippen MR) is 138 cm³/mol. The van der Waals surface area contributed by atoms with Gasteiger partial charge in [0.2, 0.25) is 0 Å². The van der Waals surface area contributed by atoms with Crippen molar-refractivity contribution in [2.45, 2.75) is 37.6 Å². The van der Waals surface area contributed by atoms with Crippen molar-refractivity contribution in [3.8, 4) is 16.9 Å². The molecule has 184 valence electrons. The molecule has 0 bridgehead atoms. The highest BCUT2D eigenvalue weighted by atomic mass is 32.2. The number of carbonyl (C=O) groups excluding carboxylic acids is 1. The molecule has 6 rings (SSSR count). The molecule has 0 radical (unpaired) electrons. The quantitative estimate of drug-likeness (QED) is 0.415. The fraction of sp³-hybridized carbons (Fsp3) is 0.286. The normalized spacial score (nSPS) is 21.1. The van der Waals surface area contributed by atoms with Gasteiger partial charge in [0.25, 0.3) is 5.91 Å². The Bertz CT molecular complexity index is 1610. The van der Waals surface area contributed by atoms with Crippen molar-refractivity contribution >= 4 is 26.6 Å². The van der Waals surface area contributed by atoms with Crippen molar-refractivity contribution in [1.82, 2.24) is 15.1 Å². The van der Waals surface area contributed by atoms with Crippen molar-refractivity contribution in [2.75, 3.05) is 11.5 Å². The van der Waals surface area contributed by atoms with Crippen LogP contribution in [0, 0.1) is 5.82 Å². The molecule has 1 aliphatic carbocycles. The maximum absolute atomic E-state index is 13.6. The van der Waals surface area contributed by atoms with E-state index in [9.17, 15) is 17.6 Å². The van der Waals surface area contributed by atoms with Crippen LogP contribution >= 0.6 is 0 Å². The number of benzene rings is 3. The van der Waals surface area contributed by atoms with E-state index in [0.29, 0.717) is 29.1 Å². The van der Waals surface area contributed by atoms with Crippen molar-refractivity contribution in [3.63, 3.8) is 0 Å². The van der Waals surface area contributed by atoms with Crippen LogP contribution in [-0.2, 0) is 9.84 Å². The second-order valence-electron chi connectivity index (χ2n) is 10.2. The van der Waals surface area contributed by atoms with Gasteiger partial charge >= 0.3 is 0 Å². The first kappa shape index (κ1) is 22.9. The fourth-order valence-corrected chi connectivity index (χ4v) is 7.15. The second-order valence-corrected chi connectivity index (χ2v) is 12.4. The number of rotatable bonds is 5. The predicted octanol–water partition coefficient (Wildman–Crippen LogP) is 5.02. The Morgan fingerprint density at radius 1 is 1.08 bits per heavy atom. The Morgan fingerprint density at radius 3 is 2.56 bits per heavy atom. The minimum absolute atomic E-state index is 0.0665. The molecule has 1 saturated carbocycles.